The third kappa shape index (κ3) is 3.84. The molecule has 3 aromatic rings. The van der Waals surface area contributed by atoms with Gasteiger partial charge in [0.05, 0.1) is 35.7 Å². The first-order valence-corrected chi connectivity index (χ1v) is 8.77. The molecule has 1 aromatic carbocycles. The summed E-state index contributed by atoms with van der Waals surface area (Å²) < 4.78 is 15.7. The molecule has 2 aromatic heterocycles. The molecule has 0 saturated heterocycles. The molecule has 0 spiro atoms. The standard InChI is InChI=1S/C18H18ClFN6/c19-16-2-1-13(7-17(16)20)11-25-5-6-26-15(12-25)8-14(24-26)9-23-18-10-21-3-4-22-18/h1-4,7-8,10H,5-6,9,11-12H2,(H,22,23). The van der Waals surface area contributed by atoms with Crippen LogP contribution in [0.15, 0.2) is 42.9 Å². The van der Waals surface area contributed by atoms with Gasteiger partial charge in [-0.2, -0.15) is 5.10 Å². The first-order valence-electron chi connectivity index (χ1n) is 8.39. The third-order valence-electron chi connectivity index (χ3n) is 4.33. The minimum absolute atomic E-state index is 0.158. The Labute approximate surface area is 155 Å². The predicted octanol–water partition coefficient (Wildman–Crippen LogP) is 3.09. The SMILES string of the molecule is Fc1cc(CN2CCn3nc(CNc4cnccn4)cc3C2)ccc1Cl. The van der Waals surface area contributed by atoms with Gasteiger partial charge in [0.15, 0.2) is 0 Å². The van der Waals surface area contributed by atoms with Crippen LogP contribution in [0.2, 0.25) is 5.02 Å². The smallest absolute Gasteiger partial charge is 0.144 e. The van der Waals surface area contributed by atoms with E-state index in [0.29, 0.717) is 13.1 Å². The maximum atomic E-state index is 13.6. The zero-order chi connectivity index (χ0) is 17.9. The topological polar surface area (TPSA) is 58.9 Å². The van der Waals surface area contributed by atoms with Gasteiger partial charge >= 0.3 is 0 Å². The number of hydrogen-bond donors (Lipinski definition) is 1. The van der Waals surface area contributed by atoms with Crippen molar-refractivity contribution < 1.29 is 4.39 Å². The van der Waals surface area contributed by atoms with Gasteiger partial charge < -0.3 is 5.32 Å². The van der Waals surface area contributed by atoms with Crippen LogP contribution in [0.25, 0.3) is 0 Å². The number of nitrogens with one attached hydrogen (secondary N) is 1. The Morgan fingerprint density at radius 3 is 2.92 bits per heavy atom. The maximum absolute atomic E-state index is 13.6. The number of anilines is 1. The monoisotopic (exact) mass is 372 g/mol. The van der Waals surface area contributed by atoms with E-state index in [2.05, 4.69) is 31.3 Å². The number of benzene rings is 1. The van der Waals surface area contributed by atoms with Crippen molar-refractivity contribution in [1.82, 2.24) is 24.6 Å². The molecule has 1 N–H and O–H groups in total. The van der Waals surface area contributed by atoms with Gasteiger partial charge in [-0.1, -0.05) is 17.7 Å². The van der Waals surface area contributed by atoms with Gasteiger partial charge in [0.1, 0.15) is 11.6 Å². The highest BCUT2D eigenvalue weighted by atomic mass is 35.5. The van der Waals surface area contributed by atoms with Crippen molar-refractivity contribution in [2.24, 2.45) is 0 Å². The van der Waals surface area contributed by atoms with Crippen LogP contribution in [-0.4, -0.2) is 31.2 Å². The second-order valence-electron chi connectivity index (χ2n) is 6.25. The molecule has 8 heteroatoms. The Bertz CT molecular complexity index is 898. The molecule has 0 saturated carbocycles. The first-order chi connectivity index (χ1) is 12.7. The summed E-state index contributed by atoms with van der Waals surface area (Å²) in [6.45, 7) is 3.75. The lowest BCUT2D eigenvalue weighted by Gasteiger charge is -2.27. The number of rotatable bonds is 5. The predicted molar refractivity (Wildman–Crippen MR) is 97.1 cm³/mol. The molecule has 0 radical (unpaired) electrons. The summed E-state index contributed by atoms with van der Waals surface area (Å²) in [7, 11) is 0. The van der Waals surface area contributed by atoms with Crippen molar-refractivity contribution >= 4 is 17.4 Å². The molecule has 1 aliphatic heterocycles. The van der Waals surface area contributed by atoms with E-state index in [1.54, 1.807) is 24.7 Å². The maximum Gasteiger partial charge on any atom is 0.144 e. The van der Waals surface area contributed by atoms with Crippen LogP contribution in [0.3, 0.4) is 0 Å². The molecule has 26 heavy (non-hydrogen) atoms. The van der Waals surface area contributed by atoms with Crippen LogP contribution < -0.4 is 5.32 Å². The van der Waals surface area contributed by atoms with E-state index < -0.39 is 0 Å². The van der Waals surface area contributed by atoms with E-state index in [1.807, 2.05) is 10.7 Å². The molecule has 0 bridgehead atoms. The Balaban J connectivity index is 1.39. The molecule has 6 nitrogen and oxygen atoms in total. The van der Waals surface area contributed by atoms with Crippen LogP contribution in [-0.2, 0) is 26.2 Å². The Kier molecular flexibility index (Phi) is 4.81. The molecule has 0 fully saturated rings. The lowest BCUT2D eigenvalue weighted by atomic mass is 10.2. The van der Waals surface area contributed by atoms with E-state index in [-0.39, 0.29) is 10.8 Å². The largest absolute Gasteiger partial charge is 0.363 e. The molecular weight excluding hydrogens is 355 g/mol. The number of aromatic nitrogens is 4. The van der Waals surface area contributed by atoms with Crippen LogP contribution >= 0.6 is 11.6 Å². The highest BCUT2D eigenvalue weighted by Gasteiger charge is 2.19. The van der Waals surface area contributed by atoms with Crippen LogP contribution in [0.1, 0.15) is 17.0 Å². The highest BCUT2D eigenvalue weighted by Crippen LogP contribution is 2.20. The second kappa shape index (κ2) is 7.39. The van der Waals surface area contributed by atoms with Gasteiger partial charge in [-0.05, 0) is 23.8 Å². The van der Waals surface area contributed by atoms with Gasteiger partial charge in [0.25, 0.3) is 0 Å². The van der Waals surface area contributed by atoms with E-state index in [1.165, 1.54) is 6.07 Å². The Hall–Kier alpha value is -2.51. The average molecular weight is 373 g/mol. The lowest BCUT2D eigenvalue weighted by Crippen LogP contribution is -2.33. The summed E-state index contributed by atoms with van der Waals surface area (Å²) in [5.74, 6) is 0.355. The Morgan fingerprint density at radius 2 is 2.12 bits per heavy atom. The molecule has 134 valence electrons. The fourth-order valence-electron chi connectivity index (χ4n) is 3.07. The molecule has 1 aliphatic rings. The average Bonchev–Trinajstić information content (AvgIpc) is 3.06. The zero-order valence-corrected chi connectivity index (χ0v) is 14.8. The molecule has 3 heterocycles. The molecule has 0 aliphatic carbocycles. The van der Waals surface area contributed by atoms with Crippen molar-refractivity contribution in [1.29, 1.82) is 0 Å². The third-order valence-corrected chi connectivity index (χ3v) is 4.64. The van der Waals surface area contributed by atoms with E-state index in [9.17, 15) is 4.39 Å². The van der Waals surface area contributed by atoms with E-state index >= 15 is 0 Å². The van der Waals surface area contributed by atoms with Crippen LogP contribution in [0.4, 0.5) is 10.2 Å². The lowest BCUT2D eigenvalue weighted by molar-refractivity contribution is 0.205. The quantitative estimate of drug-likeness (QED) is 0.745. The molecule has 0 atom stereocenters. The summed E-state index contributed by atoms with van der Waals surface area (Å²) >= 11 is 5.75. The van der Waals surface area contributed by atoms with Gasteiger partial charge in [-0.3, -0.25) is 14.6 Å². The van der Waals surface area contributed by atoms with Crippen LogP contribution in [0.5, 0.6) is 0 Å². The number of fused-ring (bicyclic) bond motifs is 1. The summed E-state index contributed by atoms with van der Waals surface area (Å²) in [5, 5.41) is 8.01. The molecule has 0 unspecified atom stereocenters. The number of nitrogens with zero attached hydrogens (tertiary/aromatic N) is 5. The number of hydrogen-bond acceptors (Lipinski definition) is 5. The molecule has 4 rings (SSSR count). The second-order valence-corrected chi connectivity index (χ2v) is 6.66. The van der Waals surface area contributed by atoms with Crippen molar-refractivity contribution in [2.75, 3.05) is 11.9 Å². The minimum Gasteiger partial charge on any atom is -0.363 e. The summed E-state index contributed by atoms with van der Waals surface area (Å²) in [6, 6.07) is 7.08. The van der Waals surface area contributed by atoms with Crippen LogP contribution in [0, 0.1) is 5.82 Å². The first kappa shape index (κ1) is 16.9. The van der Waals surface area contributed by atoms with Gasteiger partial charge in [0.2, 0.25) is 0 Å². The van der Waals surface area contributed by atoms with Gasteiger partial charge in [-0.25, -0.2) is 9.37 Å². The fraction of sp³-hybridized carbons (Fsp3) is 0.278. The molecular formula is C18H18ClFN6. The highest BCUT2D eigenvalue weighted by molar-refractivity contribution is 6.30. The van der Waals surface area contributed by atoms with Crippen molar-refractivity contribution in [3.05, 3.63) is 70.6 Å². The summed E-state index contributed by atoms with van der Waals surface area (Å²) in [5.41, 5.74) is 3.04. The fourth-order valence-corrected chi connectivity index (χ4v) is 3.19. The molecule has 0 amide bonds. The van der Waals surface area contributed by atoms with Gasteiger partial charge in [-0.15, -0.1) is 0 Å². The van der Waals surface area contributed by atoms with Crippen molar-refractivity contribution in [3.8, 4) is 0 Å². The summed E-state index contributed by atoms with van der Waals surface area (Å²) in [4.78, 5) is 10.5. The van der Waals surface area contributed by atoms with Crippen molar-refractivity contribution in [3.63, 3.8) is 0 Å². The Morgan fingerprint density at radius 1 is 1.19 bits per heavy atom. The zero-order valence-electron chi connectivity index (χ0n) is 14.1. The van der Waals surface area contributed by atoms with Gasteiger partial charge in [0, 0.05) is 32.0 Å². The minimum atomic E-state index is -0.372. The number of halogens is 2. The van der Waals surface area contributed by atoms with Crippen molar-refractivity contribution in [2.45, 2.75) is 26.2 Å². The normalized spacial score (nSPS) is 14.2. The van der Waals surface area contributed by atoms with E-state index in [0.717, 1.165) is 42.4 Å². The van der Waals surface area contributed by atoms with E-state index in [4.69, 9.17) is 11.6 Å². The summed E-state index contributed by atoms with van der Waals surface area (Å²) in [6.07, 6.45) is 4.97.